The molecule has 2 amide bonds. The molecule has 1 atom stereocenters. The van der Waals surface area contributed by atoms with Gasteiger partial charge < -0.3 is 15.4 Å². The Hall–Kier alpha value is -1.67. The highest BCUT2D eigenvalue weighted by Crippen LogP contribution is 2.16. The minimum absolute atomic E-state index is 0.0514. The molecule has 7 nitrogen and oxygen atoms in total. The van der Waals surface area contributed by atoms with Gasteiger partial charge >= 0.3 is 0 Å². The quantitative estimate of drug-likeness (QED) is 0.731. The number of rotatable bonds is 7. The second kappa shape index (κ2) is 8.83. The largest absolute Gasteiger partial charge is 0.376 e. The Labute approximate surface area is 140 Å². The van der Waals surface area contributed by atoms with Crippen molar-refractivity contribution in [3.8, 4) is 0 Å². The summed E-state index contributed by atoms with van der Waals surface area (Å²) in [5.74, 6) is 0.422. The topological polar surface area (TPSA) is 93.2 Å². The predicted molar refractivity (Wildman–Crippen MR) is 88.2 cm³/mol. The fourth-order valence-corrected chi connectivity index (χ4v) is 2.60. The van der Waals surface area contributed by atoms with Crippen molar-refractivity contribution in [1.82, 2.24) is 15.5 Å². The summed E-state index contributed by atoms with van der Waals surface area (Å²) in [4.78, 5) is 23.3. The summed E-state index contributed by atoms with van der Waals surface area (Å²) in [7, 11) is 0. The van der Waals surface area contributed by atoms with Gasteiger partial charge in [0.05, 0.1) is 11.9 Å². The number of carbonyl (C=O) groups excluding carboxylic acids is 2. The first-order chi connectivity index (χ1) is 11.0. The van der Waals surface area contributed by atoms with E-state index in [0.29, 0.717) is 17.4 Å². The van der Waals surface area contributed by atoms with Gasteiger partial charge in [0.1, 0.15) is 5.03 Å². The summed E-state index contributed by atoms with van der Waals surface area (Å²) in [6.45, 7) is 4.96. The Morgan fingerprint density at radius 2 is 2.22 bits per heavy atom. The third-order valence-corrected chi connectivity index (χ3v) is 4.24. The first-order valence-corrected chi connectivity index (χ1v) is 8.69. The number of aromatic nitrogens is 2. The zero-order chi connectivity index (χ0) is 16.7. The lowest BCUT2D eigenvalue weighted by atomic mass is 10.2. The molecule has 23 heavy (non-hydrogen) atoms. The first-order valence-electron chi connectivity index (χ1n) is 7.70. The third kappa shape index (κ3) is 6.15. The predicted octanol–water partition coefficient (Wildman–Crippen LogP) is 1.46. The van der Waals surface area contributed by atoms with Crippen molar-refractivity contribution in [3.05, 3.63) is 12.1 Å². The van der Waals surface area contributed by atoms with E-state index in [-0.39, 0.29) is 29.6 Å². The van der Waals surface area contributed by atoms with Crippen molar-refractivity contribution in [2.24, 2.45) is 5.92 Å². The molecule has 1 fully saturated rings. The van der Waals surface area contributed by atoms with Gasteiger partial charge in [0.25, 0.3) is 0 Å². The molecular formula is C15H22N4O3S. The minimum atomic E-state index is -0.113. The molecule has 126 valence electrons. The molecule has 1 aliphatic heterocycles. The molecule has 0 aromatic carbocycles. The normalized spacial score (nSPS) is 17.3. The maximum absolute atomic E-state index is 11.8. The van der Waals surface area contributed by atoms with Crippen molar-refractivity contribution in [1.29, 1.82) is 0 Å². The highest BCUT2D eigenvalue weighted by atomic mass is 32.2. The summed E-state index contributed by atoms with van der Waals surface area (Å²) in [5, 5.41) is 14.1. The summed E-state index contributed by atoms with van der Waals surface area (Å²) < 4.78 is 5.45. The maximum Gasteiger partial charge on any atom is 0.230 e. The molecule has 1 unspecified atom stereocenters. The second-order valence-electron chi connectivity index (χ2n) is 5.63. The van der Waals surface area contributed by atoms with E-state index in [2.05, 4.69) is 20.8 Å². The SMILES string of the molecule is CC(C)C(=O)Nc1ccc(SCC(=O)NCC2CCCO2)nn1. The molecule has 0 saturated carbocycles. The van der Waals surface area contributed by atoms with Gasteiger partial charge in [-0.25, -0.2) is 0 Å². The van der Waals surface area contributed by atoms with Crippen LogP contribution >= 0.6 is 11.8 Å². The number of hydrogen-bond donors (Lipinski definition) is 2. The standard InChI is InChI=1S/C15H22N4O3S/c1-10(2)15(21)17-12-5-6-14(19-18-12)23-9-13(20)16-8-11-4-3-7-22-11/h5-6,10-11H,3-4,7-9H2,1-2H3,(H,16,20)(H,17,18,21). The van der Waals surface area contributed by atoms with E-state index in [1.807, 2.05) is 13.8 Å². The van der Waals surface area contributed by atoms with Crippen LogP contribution in [0.1, 0.15) is 26.7 Å². The van der Waals surface area contributed by atoms with E-state index in [0.717, 1.165) is 19.4 Å². The van der Waals surface area contributed by atoms with Crippen LogP contribution in [0.3, 0.4) is 0 Å². The zero-order valence-corrected chi connectivity index (χ0v) is 14.2. The van der Waals surface area contributed by atoms with E-state index >= 15 is 0 Å². The molecule has 1 aromatic heterocycles. The van der Waals surface area contributed by atoms with Gasteiger partial charge in [-0.05, 0) is 25.0 Å². The van der Waals surface area contributed by atoms with Gasteiger partial charge in [-0.15, -0.1) is 10.2 Å². The average molecular weight is 338 g/mol. The summed E-state index contributed by atoms with van der Waals surface area (Å²) in [5.41, 5.74) is 0. The molecule has 2 N–H and O–H groups in total. The Bertz CT molecular complexity index is 530. The number of ether oxygens (including phenoxy) is 1. The maximum atomic E-state index is 11.8. The molecule has 0 aliphatic carbocycles. The number of hydrogen-bond acceptors (Lipinski definition) is 6. The Morgan fingerprint density at radius 1 is 1.39 bits per heavy atom. The van der Waals surface area contributed by atoms with Gasteiger partial charge in [-0.2, -0.15) is 0 Å². The van der Waals surface area contributed by atoms with Crippen molar-refractivity contribution < 1.29 is 14.3 Å². The Morgan fingerprint density at radius 3 is 2.83 bits per heavy atom. The number of carbonyl (C=O) groups is 2. The molecule has 2 heterocycles. The van der Waals surface area contributed by atoms with Crippen LogP contribution in [0.15, 0.2) is 17.2 Å². The van der Waals surface area contributed by atoms with Crippen molar-refractivity contribution >= 4 is 29.4 Å². The summed E-state index contributed by atoms with van der Waals surface area (Å²) in [6, 6.07) is 3.42. The van der Waals surface area contributed by atoms with Crippen LogP contribution in [0.5, 0.6) is 0 Å². The van der Waals surface area contributed by atoms with Crippen LogP contribution in [0.4, 0.5) is 5.82 Å². The monoisotopic (exact) mass is 338 g/mol. The fourth-order valence-electron chi connectivity index (χ4n) is 1.96. The highest BCUT2D eigenvalue weighted by molar-refractivity contribution is 7.99. The number of nitrogens with zero attached hydrogens (tertiary/aromatic N) is 2. The van der Waals surface area contributed by atoms with Crippen LogP contribution in [0.2, 0.25) is 0 Å². The van der Waals surface area contributed by atoms with E-state index in [9.17, 15) is 9.59 Å². The number of anilines is 1. The number of thioether (sulfide) groups is 1. The van der Waals surface area contributed by atoms with Crippen LogP contribution in [0, 0.1) is 5.92 Å². The summed E-state index contributed by atoms with van der Waals surface area (Å²) >= 11 is 1.31. The fraction of sp³-hybridized carbons (Fsp3) is 0.600. The van der Waals surface area contributed by atoms with Gasteiger partial charge in [0.2, 0.25) is 11.8 Å². The van der Waals surface area contributed by atoms with Crippen LogP contribution in [-0.2, 0) is 14.3 Å². The lowest BCUT2D eigenvalue weighted by Crippen LogP contribution is -2.32. The molecule has 0 radical (unpaired) electrons. The van der Waals surface area contributed by atoms with Crippen LogP contribution < -0.4 is 10.6 Å². The third-order valence-electron chi connectivity index (χ3n) is 3.32. The highest BCUT2D eigenvalue weighted by Gasteiger charge is 2.16. The number of nitrogens with one attached hydrogen (secondary N) is 2. The Balaban J connectivity index is 1.70. The molecule has 1 saturated heterocycles. The van der Waals surface area contributed by atoms with E-state index in [1.54, 1.807) is 12.1 Å². The van der Waals surface area contributed by atoms with Crippen molar-refractivity contribution in [2.45, 2.75) is 37.8 Å². The summed E-state index contributed by atoms with van der Waals surface area (Å²) in [6.07, 6.45) is 2.21. The minimum Gasteiger partial charge on any atom is -0.376 e. The smallest absolute Gasteiger partial charge is 0.230 e. The second-order valence-corrected chi connectivity index (χ2v) is 6.62. The number of amides is 2. The average Bonchev–Trinajstić information content (AvgIpc) is 3.05. The van der Waals surface area contributed by atoms with Crippen molar-refractivity contribution in [2.75, 3.05) is 24.2 Å². The van der Waals surface area contributed by atoms with E-state index in [4.69, 9.17) is 4.74 Å². The zero-order valence-electron chi connectivity index (χ0n) is 13.4. The first kappa shape index (κ1) is 17.7. The molecule has 0 bridgehead atoms. The molecule has 0 spiro atoms. The molecule has 1 aliphatic rings. The van der Waals surface area contributed by atoms with E-state index in [1.165, 1.54) is 11.8 Å². The van der Waals surface area contributed by atoms with Crippen LogP contribution in [0.25, 0.3) is 0 Å². The van der Waals surface area contributed by atoms with Gasteiger partial charge in [-0.3, -0.25) is 9.59 Å². The van der Waals surface area contributed by atoms with Crippen molar-refractivity contribution in [3.63, 3.8) is 0 Å². The Kier molecular flexibility index (Phi) is 6.79. The molecule has 8 heteroatoms. The van der Waals surface area contributed by atoms with Gasteiger partial charge in [0, 0.05) is 19.1 Å². The van der Waals surface area contributed by atoms with Crippen LogP contribution in [-0.4, -0.2) is 47.0 Å². The molecule has 2 rings (SSSR count). The van der Waals surface area contributed by atoms with Gasteiger partial charge in [0.15, 0.2) is 5.82 Å². The van der Waals surface area contributed by atoms with Gasteiger partial charge in [-0.1, -0.05) is 25.6 Å². The molecule has 1 aromatic rings. The van der Waals surface area contributed by atoms with E-state index < -0.39 is 0 Å². The lowest BCUT2D eigenvalue weighted by Gasteiger charge is -2.10. The molecular weight excluding hydrogens is 316 g/mol. The lowest BCUT2D eigenvalue weighted by molar-refractivity contribution is -0.119.